The second-order valence-corrected chi connectivity index (χ2v) is 5.33. The van der Waals surface area contributed by atoms with E-state index in [-0.39, 0.29) is 0 Å². The molecule has 3 aromatic rings. The van der Waals surface area contributed by atoms with Crippen molar-refractivity contribution >= 4 is 23.2 Å². The van der Waals surface area contributed by atoms with Gasteiger partial charge in [-0.15, -0.1) is 21.8 Å². The van der Waals surface area contributed by atoms with Gasteiger partial charge in [0, 0.05) is 16.3 Å². The first kappa shape index (κ1) is 14.1. The summed E-state index contributed by atoms with van der Waals surface area (Å²) in [6.45, 7) is 1.97. The molecule has 1 aromatic heterocycles. The standard InChI is InChI=1S/C16H13Cl2N3/c1-11-13(8-5-9-14(11)18)16-20-19-15(10-17)21(16)12-6-3-2-4-7-12/h2-9H,10H2,1H3. The predicted octanol–water partition coefficient (Wildman–Crippen LogP) is 4.63. The topological polar surface area (TPSA) is 30.7 Å². The summed E-state index contributed by atoms with van der Waals surface area (Å²) in [6.07, 6.45) is 0. The Hall–Kier alpha value is -1.84. The van der Waals surface area contributed by atoms with Crippen LogP contribution in [0.3, 0.4) is 0 Å². The van der Waals surface area contributed by atoms with Crippen molar-refractivity contribution in [3.63, 3.8) is 0 Å². The van der Waals surface area contributed by atoms with E-state index >= 15 is 0 Å². The maximum Gasteiger partial charge on any atom is 0.168 e. The van der Waals surface area contributed by atoms with E-state index in [0.29, 0.717) is 16.7 Å². The van der Waals surface area contributed by atoms with Gasteiger partial charge < -0.3 is 0 Å². The minimum atomic E-state index is 0.293. The van der Waals surface area contributed by atoms with Crippen molar-refractivity contribution in [1.29, 1.82) is 0 Å². The molecule has 0 amide bonds. The number of hydrogen-bond donors (Lipinski definition) is 0. The fourth-order valence-electron chi connectivity index (χ4n) is 2.28. The van der Waals surface area contributed by atoms with E-state index in [2.05, 4.69) is 10.2 Å². The number of para-hydroxylation sites is 1. The molecule has 0 bridgehead atoms. The molecule has 0 atom stereocenters. The molecule has 0 spiro atoms. The molecule has 0 aliphatic carbocycles. The summed E-state index contributed by atoms with van der Waals surface area (Å²) in [5.74, 6) is 1.75. The normalized spacial score (nSPS) is 10.8. The van der Waals surface area contributed by atoms with Gasteiger partial charge in [0.25, 0.3) is 0 Å². The molecular weight excluding hydrogens is 305 g/mol. The van der Waals surface area contributed by atoms with Crippen LogP contribution in [-0.4, -0.2) is 14.8 Å². The average Bonchev–Trinajstić information content (AvgIpc) is 2.94. The molecule has 0 aliphatic heterocycles. The summed E-state index contributed by atoms with van der Waals surface area (Å²) >= 11 is 12.2. The summed E-state index contributed by atoms with van der Waals surface area (Å²) in [5, 5.41) is 9.21. The van der Waals surface area contributed by atoms with Crippen molar-refractivity contribution in [2.45, 2.75) is 12.8 Å². The highest BCUT2D eigenvalue weighted by molar-refractivity contribution is 6.31. The molecule has 3 rings (SSSR count). The number of alkyl halides is 1. The summed E-state index contributed by atoms with van der Waals surface area (Å²) < 4.78 is 1.96. The first-order chi connectivity index (χ1) is 10.2. The highest BCUT2D eigenvalue weighted by Crippen LogP contribution is 2.29. The van der Waals surface area contributed by atoms with Gasteiger partial charge in [-0.25, -0.2) is 0 Å². The molecule has 21 heavy (non-hydrogen) atoms. The highest BCUT2D eigenvalue weighted by Gasteiger charge is 2.17. The first-order valence-electron chi connectivity index (χ1n) is 6.53. The van der Waals surface area contributed by atoms with Crippen LogP contribution in [0.1, 0.15) is 11.4 Å². The van der Waals surface area contributed by atoms with E-state index in [1.165, 1.54) is 0 Å². The minimum Gasteiger partial charge on any atom is -0.278 e. The fraction of sp³-hybridized carbons (Fsp3) is 0.125. The number of hydrogen-bond acceptors (Lipinski definition) is 2. The van der Waals surface area contributed by atoms with E-state index < -0.39 is 0 Å². The lowest BCUT2D eigenvalue weighted by Gasteiger charge is -2.11. The Labute approximate surface area is 133 Å². The van der Waals surface area contributed by atoms with Gasteiger partial charge in [0.05, 0.1) is 5.88 Å². The Kier molecular flexibility index (Phi) is 3.95. The lowest BCUT2D eigenvalue weighted by molar-refractivity contribution is 0.953. The smallest absolute Gasteiger partial charge is 0.168 e. The van der Waals surface area contributed by atoms with E-state index in [1.54, 1.807) is 0 Å². The van der Waals surface area contributed by atoms with Gasteiger partial charge in [0.2, 0.25) is 0 Å². The van der Waals surface area contributed by atoms with E-state index in [4.69, 9.17) is 23.2 Å². The fourth-order valence-corrected chi connectivity index (χ4v) is 2.62. The number of rotatable bonds is 3. The zero-order chi connectivity index (χ0) is 14.8. The molecule has 0 saturated heterocycles. The third-order valence-corrected chi connectivity index (χ3v) is 4.02. The minimum absolute atomic E-state index is 0.293. The molecular formula is C16H13Cl2N3. The van der Waals surface area contributed by atoms with Gasteiger partial charge in [-0.05, 0) is 30.7 Å². The van der Waals surface area contributed by atoms with Crippen molar-refractivity contribution < 1.29 is 0 Å². The zero-order valence-corrected chi connectivity index (χ0v) is 12.9. The third-order valence-electron chi connectivity index (χ3n) is 3.37. The lowest BCUT2D eigenvalue weighted by atomic mass is 10.1. The van der Waals surface area contributed by atoms with Crippen molar-refractivity contribution in [3.05, 3.63) is 64.9 Å². The van der Waals surface area contributed by atoms with Crippen molar-refractivity contribution in [2.75, 3.05) is 0 Å². The van der Waals surface area contributed by atoms with Crippen LogP contribution in [0.5, 0.6) is 0 Å². The highest BCUT2D eigenvalue weighted by atomic mass is 35.5. The SMILES string of the molecule is Cc1c(Cl)cccc1-c1nnc(CCl)n1-c1ccccc1. The number of aromatic nitrogens is 3. The predicted molar refractivity (Wildman–Crippen MR) is 86.1 cm³/mol. The first-order valence-corrected chi connectivity index (χ1v) is 7.45. The van der Waals surface area contributed by atoms with Gasteiger partial charge in [-0.1, -0.05) is 41.9 Å². The Balaban J connectivity index is 2.25. The monoisotopic (exact) mass is 317 g/mol. The van der Waals surface area contributed by atoms with Crippen LogP contribution in [-0.2, 0) is 5.88 Å². The van der Waals surface area contributed by atoms with Gasteiger partial charge in [-0.3, -0.25) is 4.57 Å². The molecule has 1 heterocycles. The Morgan fingerprint density at radius 3 is 2.48 bits per heavy atom. The molecule has 0 N–H and O–H groups in total. The van der Waals surface area contributed by atoms with Crippen LogP contribution in [0, 0.1) is 6.92 Å². The summed E-state index contributed by atoms with van der Waals surface area (Å²) in [6, 6.07) is 15.7. The van der Waals surface area contributed by atoms with Gasteiger partial charge in [-0.2, -0.15) is 0 Å². The van der Waals surface area contributed by atoms with E-state index in [9.17, 15) is 0 Å². The second-order valence-electron chi connectivity index (χ2n) is 4.66. The van der Waals surface area contributed by atoms with Gasteiger partial charge in [0.15, 0.2) is 11.6 Å². The number of halogens is 2. The molecule has 3 nitrogen and oxygen atoms in total. The van der Waals surface area contributed by atoms with Crippen LogP contribution in [0.4, 0.5) is 0 Å². The Morgan fingerprint density at radius 2 is 1.76 bits per heavy atom. The van der Waals surface area contributed by atoms with Crippen LogP contribution in [0.15, 0.2) is 48.5 Å². The molecule has 5 heteroatoms. The molecule has 0 aliphatic rings. The van der Waals surface area contributed by atoms with Crippen LogP contribution < -0.4 is 0 Å². The summed E-state index contributed by atoms with van der Waals surface area (Å²) in [4.78, 5) is 0. The molecule has 0 saturated carbocycles. The maximum absolute atomic E-state index is 6.22. The van der Waals surface area contributed by atoms with E-state index in [0.717, 1.165) is 22.6 Å². The molecule has 2 aromatic carbocycles. The summed E-state index contributed by atoms with van der Waals surface area (Å²) in [5.41, 5.74) is 2.91. The number of benzene rings is 2. The molecule has 106 valence electrons. The zero-order valence-electron chi connectivity index (χ0n) is 11.4. The molecule has 0 radical (unpaired) electrons. The maximum atomic E-state index is 6.22. The lowest BCUT2D eigenvalue weighted by Crippen LogP contribution is -2.02. The average molecular weight is 318 g/mol. The Bertz CT molecular complexity index is 766. The summed E-state index contributed by atoms with van der Waals surface area (Å²) in [7, 11) is 0. The Morgan fingerprint density at radius 1 is 1.00 bits per heavy atom. The second kappa shape index (κ2) is 5.88. The van der Waals surface area contributed by atoms with E-state index in [1.807, 2.05) is 60.0 Å². The molecule has 0 unspecified atom stereocenters. The van der Waals surface area contributed by atoms with Crippen LogP contribution in [0.25, 0.3) is 17.1 Å². The van der Waals surface area contributed by atoms with Crippen LogP contribution >= 0.6 is 23.2 Å². The van der Waals surface area contributed by atoms with Gasteiger partial charge >= 0.3 is 0 Å². The largest absolute Gasteiger partial charge is 0.278 e. The quantitative estimate of drug-likeness (QED) is 0.659. The van der Waals surface area contributed by atoms with Crippen molar-refractivity contribution in [3.8, 4) is 17.1 Å². The van der Waals surface area contributed by atoms with Crippen molar-refractivity contribution in [1.82, 2.24) is 14.8 Å². The molecule has 0 fully saturated rings. The van der Waals surface area contributed by atoms with Crippen molar-refractivity contribution in [2.24, 2.45) is 0 Å². The number of nitrogens with zero attached hydrogens (tertiary/aromatic N) is 3. The van der Waals surface area contributed by atoms with Gasteiger partial charge in [0.1, 0.15) is 0 Å². The third kappa shape index (κ3) is 2.55. The van der Waals surface area contributed by atoms with Crippen LogP contribution in [0.2, 0.25) is 5.02 Å².